The van der Waals surface area contributed by atoms with E-state index in [0.29, 0.717) is 6.54 Å². The molecule has 0 aliphatic heterocycles. The number of halogens is 1. The first kappa shape index (κ1) is 16.2. The molecule has 0 amide bonds. The van der Waals surface area contributed by atoms with Gasteiger partial charge in [-0.05, 0) is 36.8 Å². The molecule has 128 valence electrons. The van der Waals surface area contributed by atoms with Crippen LogP contribution in [-0.4, -0.2) is 27.7 Å². The Balaban J connectivity index is 1.69. The molecule has 25 heavy (non-hydrogen) atoms. The van der Waals surface area contributed by atoms with E-state index in [1.54, 1.807) is 6.92 Å². The van der Waals surface area contributed by atoms with E-state index in [2.05, 4.69) is 39.6 Å². The Bertz CT molecular complexity index is 1030. The van der Waals surface area contributed by atoms with Gasteiger partial charge in [-0.15, -0.1) is 0 Å². The first-order chi connectivity index (χ1) is 12.1. The molecule has 0 saturated heterocycles. The van der Waals surface area contributed by atoms with Gasteiger partial charge in [0.1, 0.15) is 0 Å². The summed E-state index contributed by atoms with van der Waals surface area (Å²) in [5.74, 6) is 0. The summed E-state index contributed by atoms with van der Waals surface area (Å²) >= 11 is 6.27. The topological polar surface area (TPSA) is 63.8 Å². The summed E-state index contributed by atoms with van der Waals surface area (Å²) in [7, 11) is 0. The summed E-state index contributed by atoms with van der Waals surface area (Å²) in [4.78, 5) is 6.63. The minimum absolute atomic E-state index is 0.337. The van der Waals surface area contributed by atoms with E-state index in [1.165, 1.54) is 10.9 Å². The van der Waals surface area contributed by atoms with E-state index in [1.807, 2.05) is 24.5 Å². The van der Waals surface area contributed by atoms with Crippen LogP contribution >= 0.6 is 11.6 Å². The van der Waals surface area contributed by atoms with Crippen LogP contribution in [0, 0.1) is 0 Å². The van der Waals surface area contributed by atoms with Gasteiger partial charge in [-0.2, -0.15) is 0 Å². The summed E-state index contributed by atoms with van der Waals surface area (Å²) in [6.45, 7) is 3.11. The van der Waals surface area contributed by atoms with Crippen molar-refractivity contribution >= 4 is 33.3 Å². The van der Waals surface area contributed by atoms with Crippen LogP contribution in [0.4, 0.5) is 0 Å². The van der Waals surface area contributed by atoms with Gasteiger partial charge in [-0.1, -0.05) is 23.7 Å². The van der Waals surface area contributed by atoms with Gasteiger partial charge in [0.05, 0.1) is 6.10 Å². The third-order valence-electron chi connectivity index (χ3n) is 4.43. The Morgan fingerprint density at radius 3 is 2.80 bits per heavy atom. The SMILES string of the molecule is CC(O)CNCc1ccc2[nH]c(-c3ccc(Cl)c4c[nH]cc34)cc2c1. The molecule has 0 saturated carbocycles. The van der Waals surface area contributed by atoms with Crippen molar-refractivity contribution in [2.24, 2.45) is 0 Å². The lowest BCUT2D eigenvalue weighted by atomic mass is 10.1. The molecular formula is C20H20ClN3O. The zero-order chi connectivity index (χ0) is 17.4. The molecule has 4 N–H and O–H groups in total. The van der Waals surface area contributed by atoms with Gasteiger partial charge in [0.2, 0.25) is 0 Å². The highest BCUT2D eigenvalue weighted by Crippen LogP contribution is 2.34. The number of rotatable bonds is 5. The predicted octanol–water partition coefficient (Wildman–Crippen LogP) is 4.44. The van der Waals surface area contributed by atoms with E-state index in [4.69, 9.17) is 11.6 Å². The quantitative estimate of drug-likeness (QED) is 0.428. The molecule has 0 bridgehead atoms. The van der Waals surface area contributed by atoms with Gasteiger partial charge in [-0.3, -0.25) is 0 Å². The first-order valence-electron chi connectivity index (χ1n) is 8.37. The summed E-state index contributed by atoms with van der Waals surface area (Å²) in [6, 6.07) is 12.5. The normalized spacial score (nSPS) is 12.9. The van der Waals surface area contributed by atoms with Crippen molar-refractivity contribution in [1.82, 2.24) is 15.3 Å². The van der Waals surface area contributed by atoms with Gasteiger partial charge >= 0.3 is 0 Å². The molecule has 4 rings (SSSR count). The minimum Gasteiger partial charge on any atom is -0.392 e. The maximum absolute atomic E-state index is 9.34. The Hall–Kier alpha value is -2.27. The third kappa shape index (κ3) is 3.16. The van der Waals surface area contributed by atoms with Crippen LogP contribution in [0.1, 0.15) is 12.5 Å². The van der Waals surface area contributed by atoms with Crippen molar-refractivity contribution in [1.29, 1.82) is 0 Å². The van der Waals surface area contributed by atoms with Gasteiger partial charge in [0, 0.05) is 63.4 Å². The molecule has 2 aromatic carbocycles. The molecule has 2 aromatic heterocycles. The van der Waals surface area contributed by atoms with E-state index < -0.39 is 0 Å². The van der Waals surface area contributed by atoms with Gasteiger partial charge in [0.25, 0.3) is 0 Å². The van der Waals surface area contributed by atoms with Crippen molar-refractivity contribution in [3.63, 3.8) is 0 Å². The number of benzene rings is 2. The molecule has 0 aliphatic rings. The number of aromatic amines is 2. The molecule has 4 nitrogen and oxygen atoms in total. The number of hydrogen-bond donors (Lipinski definition) is 4. The molecule has 0 spiro atoms. The third-order valence-corrected chi connectivity index (χ3v) is 4.76. The molecule has 0 aliphatic carbocycles. The number of aliphatic hydroxyl groups excluding tert-OH is 1. The summed E-state index contributed by atoms with van der Waals surface area (Å²) < 4.78 is 0. The Morgan fingerprint density at radius 1 is 1.12 bits per heavy atom. The second kappa shape index (κ2) is 6.56. The Morgan fingerprint density at radius 2 is 1.96 bits per heavy atom. The van der Waals surface area contributed by atoms with Crippen LogP contribution in [0.25, 0.3) is 32.9 Å². The average molecular weight is 354 g/mol. The maximum atomic E-state index is 9.34. The predicted molar refractivity (Wildman–Crippen MR) is 104 cm³/mol. The summed E-state index contributed by atoms with van der Waals surface area (Å²) in [6.07, 6.45) is 3.57. The number of hydrogen-bond acceptors (Lipinski definition) is 2. The van der Waals surface area contributed by atoms with Gasteiger partial charge < -0.3 is 20.4 Å². The number of aliphatic hydroxyl groups is 1. The standard InChI is InChI=1S/C20H20ClN3O/c1-12(25)8-22-9-13-2-5-19-14(6-13)7-20(24-19)15-3-4-18(21)17-11-23-10-16(15)17/h2-7,10-12,22-25H,8-9H2,1H3. The summed E-state index contributed by atoms with van der Waals surface area (Å²) in [5, 5.41) is 16.7. The Labute approximate surface area is 150 Å². The van der Waals surface area contributed by atoms with Crippen molar-refractivity contribution in [3.05, 3.63) is 59.4 Å². The van der Waals surface area contributed by atoms with E-state index in [9.17, 15) is 5.11 Å². The minimum atomic E-state index is -0.337. The zero-order valence-electron chi connectivity index (χ0n) is 13.9. The second-order valence-electron chi connectivity index (χ2n) is 6.46. The molecule has 2 heterocycles. The van der Waals surface area contributed by atoms with Gasteiger partial charge in [-0.25, -0.2) is 0 Å². The zero-order valence-corrected chi connectivity index (χ0v) is 14.7. The molecule has 5 heteroatoms. The van der Waals surface area contributed by atoms with Crippen LogP contribution in [0.15, 0.2) is 48.8 Å². The van der Waals surface area contributed by atoms with Crippen molar-refractivity contribution in [2.45, 2.75) is 19.6 Å². The van der Waals surface area contributed by atoms with Crippen molar-refractivity contribution < 1.29 is 5.11 Å². The monoisotopic (exact) mass is 353 g/mol. The van der Waals surface area contributed by atoms with Crippen molar-refractivity contribution in [2.75, 3.05) is 6.54 Å². The van der Waals surface area contributed by atoms with Crippen LogP contribution in [0.5, 0.6) is 0 Å². The lowest BCUT2D eigenvalue weighted by Crippen LogP contribution is -2.23. The van der Waals surface area contributed by atoms with Crippen LogP contribution in [0.3, 0.4) is 0 Å². The Kier molecular flexibility index (Phi) is 4.25. The second-order valence-corrected chi connectivity index (χ2v) is 6.87. The molecule has 1 unspecified atom stereocenters. The maximum Gasteiger partial charge on any atom is 0.0636 e. The lowest BCUT2D eigenvalue weighted by molar-refractivity contribution is 0.191. The van der Waals surface area contributed by atoms with E-state index in [-0.39, 0.29) is 6.10 Å². The number of fused-ring (bicyclic) bond motifs is 2. The van der Waals surface area contributed by atoms with E-state index >= 15 is 0 Å². The molecule has 1 atom stereocenters. The fourth-order valence-corrected chi connectivity index (χ4v) is 3.44. The number of nitrogens with one attached hydrogen (secondary N) is 3. The summed E-state index contributed by atoms with van der Waals surface area (Å²) in [5.41, 5.74) is 4.51. The largest absolute Gasteiger partial charge is 0.392 e. The highest BCUT2D eigenvalue weighted by Gasteiger charge is 2.10. The highest BCUT2D eigenvalue weighted by molar-refractivity contribution is 6.36. The van der Waals surface area contributed by atoms with Crippen LogP contribution in [-0.2, 0) is 6.54 Å². The smallest absolute Gasteiger partial charge is 0.0636 e. The fourth-order valence-electron chi connectivity index (χ4n) is 3.22. The molecule has 0 radical (unpaired) electrons. The van der Waals surface area contributed by atoms with Crippen molar-refractivity contribution in [3.8, 4) is 11.3 Å². The lowest BCUT2D eigenvalue weighted by Gasteiger charge is -2.06. The van der Waals surface area contributed by atoms with Crippen LogP contribution in [0.2, 0.25) is 5.02 Å². The number of aromatic nitrogens is 2. The van der Waals surface area contributed by atoms with Gasteiger partial charge in [0.15, 0.2) is 0 Å². The molecule has 4 aromatic rings. The fraction of sp³-hybridized carbons (Fsp3) is 0.200. The van der Waals surface area contributed by atoms with Crippen LogP contribution < -0.4 is 5.32 Å². The average Bonchev–Trinajstić information content (AvgIpc) is 3.21. The first-order valence-corrected chi connectivity index (χ1v) is 8.75. The van der Waals surface area contributed by atoms with E-state index in [0.717, 1.165) is 39.1 Å². The molecule has 0 fully saturated rings. The molecular weight excluding hydrogens is 334 g/mol. The highest BCUT2D eigenvalue weighted by atomic mass is 35.5. The number of H-pyrrole nitrogens is 2.